The second kappa shape index (κ2) is 0.965. The van der Waals surface area contributed by atoms with Crippen LogP contribution < -0.4 is 5.32 Å². The van der Waals surface area contributed by atoms with Crippen molar-refractivity contribution in [3.8, 4) is 0 Å². The minimum Gasteiger partial charge on any atom is -0.353 e. The first kappa shape index (κ1) is 3.65. The summed E-state index contributed by atoms with van der Waals surface area (Å²) in [7, 11) is 0. The Hall–Kier alpha value is -0.530. The molecular formula is C4H7NO. The summed E-state index contributed by atoms with van der Waals surface area (Å²) < 4.78 is 0. The smallest absolute Gasteiger partial charge is 0.222 e. The van der Waals surface area contributed by atoms with Crippen LogP contribution in [0.15, 0.2) is 0 Å². The highest BCUT2D eigenvalue weighted by Gasteiger charge is 2.18. The van der Waals surface area contributed by atoms with Gasteiger partial charge in [-0.15, -0.1) is 0 Å². The number of amides is 1. The fourth-order valence-electron chi connectivity index (χ4n) is 0.532. The molecule has 1 rings (SSSR count). The van der Waals surface area contributed by atoms with Crippen molar-refractivity contribution in [2.24, 2.45) is 0 Å². The Balaban J connectivity index is 2.28. The molecule has 0 saturated carbocycles. The van der Waals surface area contributed by atoms with Crippen LogP contribution in [0.1, 0.15) is 13.3 Å². The number of hydrogen-bond acceptors (Lipinski definition) is 1. The Morgan fingerprint density at radius 1 is 2.00 bits per heavy atom. The quantitative estimate of drug-likeness (QED) is 0.409. The van der Waals surface area contributed by atoms with Gasteiger partial charge in [0, 0.05) is 12.5 Å². The summed E-state index contributed by atoms with van der Waals surface area (Å²) in [5, 5.41) is 2.67. The molecule has 2 nitrogen and oxygen atoms in total. The van der Waals surface area contributed by atoms with E-state index in [1.165, 1.54) is 0 Å². The van der Waals surface area contributed by atoms with Gasteiger partial charge in [-0.1, -0.05) is 0 Å². The number of β-lactam (4-membered cyclic amide) rings is 1. The molecule has 1 saturated heterocycles. The van der Waals surface area contributed by atoms with Crippen molar-refractivity contribution in [2.75, 3.05) is 0 Å². The van der Waals surface area contributed by atoms with E-state index in [0.717, 1.165) is 6.42 Å². The van der Waals surface area contributed by atoms with Gasteiger partial charge in [-0.05, 0) is 6.92 Å². The van der Waals surface area contributed by atoms with E-state index in [0.29, 0.717) is 6.04 Å². The molecule has 1 aliphatic heterocycles. The normalized spacial score (nSPS) is 31.5. The lowest BCUT2D eigenvalue weighted by Crippen LogP contribution is -2.46. The van der Waals surface area contributed by atoms with E-state index in [4.69, 9.17) is 0 Å². The summed E-state index contributed by atoms with van der Waals surface area (Å²) in [5.41, 5.74) is 0. The Labute approximate surface area is 36.5 Å². The van der Waals surface area contributed by atoms with E-state index in [1.807, 2.05) is 6.92 Å². The monoisotopic (exact) mass is 85.1 g/mol. The molecule has 1 N–H and O–H groups in total. The third-order valence-electron chi connectivity index (χ3n) is 0.899. The Kier molecular flexibility index (Phi) is 0.587. The molecule has 1 fully saturated rings. The van der Waals surface area contributed by atoms with Crippen molar-refractivity contribution in [2.45, 2.75) is 19.4 Å². The van der Waals surface area contributed by atoms with Crippen LogP contribution in [0, 0.1) is 0 Å². The predicted molar refractivity (Wildman–Crippen MR) is 22.2 cm³/mol. The molecule has 1 amide bonds. The number of rotatable bonds is 0. The van der Waals surface area contributed by atoms with Crippen LogP contribution in [0.5, 0.6) is 0 Å². The molecule has 1 atom stereocenters. The van der Waals surface area contributed by atoms with Crippen LogP contribution in [0.2, 0.25) is 0 Å². The van der Waals surface area contributed by atoms with Crippen LogP contribution in [0.25, 0.3) is 0 Å². The van der Waals surface area contributed by atoms with Gasteiger partial charge in [0.15, 0.2) is 0 Å². The summed E-state index contributed by atoms with van der Waals surface area (Å²) in [5.74, 6) is 0.183. The maximum absolute atomic E-state index is 10.00. The first-order valence-electron chi connectivity index (χ1n) is 2.08. The Bertz CT molecular complexity index is 71.6. The maximum atomic E-state index is 10.00. The van der Waals surface area contributed by atoms with E-state index < -0.39 is 0 Å². The minimum atomic E-state index is 0.183. The highest BCUT2D eigenvalue weighted by atomic mass is 16.2. The lowest BCUT2D eigenvalue weighted by atomic mass is 10.1. The molecule has 2 heteroatoms. The van der Waals surface area contributed by atoms with Gasteiger partial charge < -0.3 is 5.32 Å². The second-order valence-electron chi connectivity index (χ2n) is 1.67. The van der Waals surface area contributed by atoms with Gasteiger partial charge in [0.2, 0.25) is 5.91 Å². The van der Waals surface area contributed by atoms with Crippen LogP contribution >= 0.6 is 0 Å². The third-order valence-corrected chi connectivity index (χ3v) is 0.899. The van der Waals surface area contributed by atoms with Crippen LogP contribution in [-0.4, -0.2) is 11.9 Å². The number of carbonyl (C=O) groups is 1. The zero-order valence-electron chi connectivity index (χ0n) is 3.69. The molecule has 0 bridgehead atoms. The van der Waals surface area contributed by atoms with E-state index in [2.05, 4.69) is 5.32 Å². The van der Waals surface area contributed by atoms with E-state index in [9.17, 15) is 4.79 Å². The van der Waals surface area contributed by atoms with E-state index in [-0.39, 0.29) is 5.91 Å². The van der Waals surface area contributed by atoms with Crippen molar-refractivity contribution in [1.29, 1.82) is 0 Å². The largest absolute Gasteiger partial charge is 0.353 e. The summed E-state index contributed by atoms with van der Waals surface area (Å²) in [6.07, 6.45) is 0.722. The number of nitrogens with one attached hydrogen (secondary N) is 1. The average Bonchev–Trinajstić information content (AvgIpc) is 1.33. The molecule has 0 radical (unpaired) electrons. The fraction of sp³-hybridized carbons (Fsp3) is 0.750. The molecule has 0 aromatic carbocycles. The topological polar surface area (TPSA) is 29.1 Å². The molecule has 6 heavy (non-hydrogen) atoms. The van der Waals surface area contributed by atoms with E-state index >= 15 is 0 Å². The van der Waals surface area contributed by atoms with Gasteiger partial charge in [-0.3, -0.25) is 4.79 Å². The first-order valence-corrected chi connectivity index (χ1v) is 2.08. The lowest BCUT2D eigenvalue weighted by Gasteiger charge is -2.21. The summed E-state index contributed by atoms with van der Waals surface area (Å²) in [6.45, 7) is 1.99. The zero-order chi connectivity index (χ0) is 4.57. The third kappa shape index (κ3) is 0.379. The molecule has 0 aromatic rings. The van der Waals surface area contributed by atoms with Crippen LogP contribution in [0.3, 0.4) is 0 Å². The van der Waals surface area contributed by atoms with Gasteiger partial charge in [0.05, 0.1) is 0 Å². The first-order chi connectivity index (χ1) is 2.79. The SMILES string of the molecule is C[C@@H]1CC(=O)N1. The Morgan fingerprint density at radius 3 is 2.50 bits per heavy atom. The summed E-state index contributed by atoms with van der Waals surface area (Å²) >= 11 is 0. The molecular weight excluding hydrogens is 78.0 g/mol. The molecule has 0 aliphatic carbocycles. The average molecular weight is 85.1 g/mol. The standard InChI is InChI=1S/C4H7NO/c1-3-2-4(6)5-3/h3H,2H2,1H3,(H,5,6)/t3-/m1/s1. The van der Waals surface area contributed by atoms with Crippen molar-refractivity contribution in [3.63, 3.8) is 0 Å². The van der Waals surface area contributed by atoms with Crippen LogP contribution in [0.4, 0.5) is 0 Å². The van der Waals surface area contributed by atoms with Gasteiger partial charge in [0.25, 0.3) is 0 Å². The van der Waals surface area contributed by atoms with Gasteiger partial charge in [-0.25, -0.2) is 0 Å². The molecule has 0 aromatic heterocycles. The van der Waals surface area contributed by atoms with Crippen molar-refractivity contribution >= 4 is 5.91 Å². The van der Waals surface area contributed by atoms with Gasteiger partial charge in [-0.2, -0.15) is 0 Å². The summed E-state index contributed by atoms with van der Waals surface area (Å²) in [6, 6.07) is 0.442. The number of hydrogen-bond donors (Lipinski definition) is 1. The molecule has 1 heterocycles. The van der Waals surface area contributed by atoms with Crippen molar-refractivity contribution in [3.05, 3.63) is 0 Å². The van der Waals surface area contributed by atoms with Crippen LogP contribution in [-0.2, 0) is 4.79 Å². The van der Waals surface area contributed by atoms with Crippen molar-refractivity contribution < 1.29 is 4.79 Å². The lowest BCUT2D eigenvalue weighted by molar-refractivity contribution is -0.127. The molecule has 0 spiro atoms. The minimum absolute atomic E-state index is 0.183. The van der Waals surface area contributed by atoms with Crippen molar-refractivity contribution in [1.82, 2.24) is 5.32 Å². The molecule has 0 unspecified atom stereocenters. The fourth-order valence-corrected chi connectivity index (χ4v) is 0.532. The predicted octanol–water partition coefficient (Wildman–Crippen LogP) is -0.105. The zero-order valence-corrected chi connectivity index (χ0v) is 3.69. The Morgan fingerprint density at radius 2 is 2.50 bits per heavy atom. The highest BCUT2D eigenvalue weighted by Crippen LogP contribution is 1.99. The molecule has 34 valence electrons. The van der Waals surface area contributed by atoms with Gasteiger partial charge >= 0.3 is 0 Å². The molecule has 1 aliphatic rings. The highest BCUT2D eigenvalue weighted by molar-refractivity contribution is 5.82. The summed E-state index contributed by atoms with van der Waals surface area (Å²) in [4.78, 5) is 10.00. The van der Waals surface area contributed by atoms with Gasteiger partial charge in [0.1, 0.15) is 0 Å². The number of carbonyl (C=O) groups excluding carboxylic acids is 1. The maximum Gasteiger partial charge on any atom is 0.222 e. The second-order valence-corrected chi connectivity index (χ2v) is 1.67. The van der Waals surface area contributed by atoms with E-state index in [1.54, 1.807) is 0 Å².